The van der Waals surface area contributed by atoms with E-state index in [1.165, 1.54) is 19.3 Å². The predicted molar refractivity (Wildman–Crippen MR) is 65.5 cm³/mol. The first kappa shape index (κ1) is 11.7. The average Bonchev–Trinajstić information content (AvgIpc) is 2.43. The number of carbonyl (C=O) groups is 1. The summed E-state index contributed by atoms with van der Waals surface area (Å²) in [6, 6.07) is 9.02. The number of ether oxygens (including phenoxy) is 1. The van der Waals surface area contributed by atoms with E-state index in [0.29, 0.717) is 16.7 Å². The van der Waals surface area contributed by atoms with Gasteiger partial charge in [-0.15, -0.1) is 0 Å². The van der Waals surface area contributed by atoms with Gasteiger partial charge in [0.1, 0.15) is 0 Å². The number of hydrogen-bond acceptors (Lipinski definition) is 5. The molecular weight excluding hydrogens is 230 g/mol. The van der Waals surface area contributed by atoms with Crippen LogP contribution in [-0.2, 0) is 4.74 Å². The monoisotopic (exact) mass is 239 g/mol. The molecule has 1 heterocycles. The Morgan fingerprint density at radius 1 is 1.33 bits per heavy atom. The molecule has 0 N–H and O–H groups in total. The summed E-state index contributed by atoms with van der Waals surface area (Å²) in [4.78, 5) is 20.1. The van der Waals surface area contributed by atoms with E-state index < -0.39 is 5.97 Å². The Balaban J connectivity index is 2.68. The molecule has 0 spiro atoms. The van der Waals surface area contributed by atoms with Crippen LogP contribution in [0.1, 0.15) is 16.2 Å². The fraction of sp³-hybridized carbons (Fsp3) is 0.0769. The lowest BCUT2D eigenvalue weighted by molar-refractivity contribution is 0.0593. The highest BCUT2D eigenvalue weighted by molar-refractivity contribution is 5.93. The van der Waals surface area contributed by atoms with Crippen LogP contribution in [0.3, 0.4) is 0 Å². The molecule has 0 unspecified atom stereocenters. The lowest BCUT2D eigenvalue weighted by Crippen LogP contribution is -2.08. The van der Waals surface area contributed by atoms with Gasteiger partial charge in [0, 0.05) is 6.08 Å². The van der Waals surface area contributed by atoms with Crippen molar-refractivity contribution in [3.63, 3.8) is 0 Å². The van der Waals surface area contributed by atoms with Crippen LogP contribution >= 0.6 is 0 Å². The molecule has 0 aliphatic rings. The Bertz CT molecular complexity index is 671. The Hall–Kier alpha value is -2.74. The SMILES string of the molecule is COC(=O)c1nc2ccccc2nc1/C=C/C#N. The molecule has 1 aromatic carbocycles. The van der Waals surface area contributed by atoms with Gasteiger partial charge >= 0.3 is 5.97 Å². The summed E-state index contributed by atoms with van der Waals surface area (Å²) in [6.45, 7) is 0. The lowest BCUT2D eigenvalue weighted by Gasteiger charge is -2.04. The molecule has 1 aromatic heterocycles. The Morgan fingerprint density at radius 3 is 2.61 bits per heavy atom. The third kappa shape index (κ3) is 2.18. The van der Waals surface area contributed by atoms with Crippen molar-refractivity contribution in [1.82, 2.24) is 9.97 Å². The molecule has 0 aliphatic heterocycles. The smallest absolute Gasteiger partial charge is 0.358 e. The molecule has 18 heavy (non-hydrogen) atoms. The number of nitriles is 1. The Labute approximate surface area is 103 Å². The summed E-state index contributed by atoms with van der Waals surface area (Å²) in [5.74, 6) is -0.578. The van der Waals surface area contributed by atoms with Crippen LogP contribution in [0.15, 0.2) is 30.3 Å². The van der Waals surface area contributed by atoms with Crippen LogP contribution in [0.25, 0.3) is 17.1 Å². The molecule has 0 fully saturated rings. The second-order valence-electron chi connectivity index (χ2n) is 3.40. The molecule has 0 saturated carbocycles. The molecule has 0 atom stereocenters. The van der Waals surface area contributed by atoms with E-state index in [0.717, 1.165) is 0 Å². The zero-order valence-electron chi connectivity index (χ0n) is 9.62. The Kier molecular flexibility index (Phi) is 3.30. The quantitative estimate of drug-likeness (QED) is 0.591. The van der Waals surface area contributed by atoms with Crippen molar-refractivity contribution in [3.05, 3.63) is 41.7 Å². The van der Waals surface area contributed by atoms with E-state index in [1.54, 1.807) is 12.1 Å². The van der Waals surface area contributed by atoms with Gasteiger partial charge in [-0.25, -0.2) is 14.8 Å². The van der Waals surface area contributed by atoms with E-state index in [4.69, 9.17) is 5.26 Å². The zero-order valence-corrected chi connectivity index (χ0v) is 9.62. The topological polar surface area (TPSA) is 75.9 Å². The zero-order chi connectivity index (χ0) is 13.0. The van der Waals surface area contributed by atoms with Crippen molar-refractivity contribution in [2.75, 3.05) is 7.11 Å². The van der Waals surface area contributed by atoms with Gasteiger partial charge in [-0.2, -0.15) is 5.26 Å². The summed E-state index contributed by atoms with van der Waals surface area (Å²) < 4.78 is 4.65. The molecule has 88 valence electrons. The van der Waals surface area contributed by atoms with Crippen molar-refractivity contribution >= 4 is 23.1 Å². The van der Waals surface area contributed by atoms with Crippen LogP contribution in [0, 0.1) is 11.3 Å². The minimum Gasteiger partial charge on any atom is -0.464 e. The molecule has 0 saturated heterocycles. The van der Waals surface area contributed by atoms with Crippen LogP contribution in [0.4, 0.5) is 0 Å². The van der Waals surface area contributed by atoms with E-state index in [1.807, 2.05) is 18.2 Å². The number of benzene rings is 1. The largest absolute Gasteiger partial charge is 0.464 e. The molecular formula is C13H9N3O2. The number of para-hydroxylation sites is 2. The lowest BCUT2D eigenvalue weighted by atomic mass is 10.2. The first-order valence-electron chi connectivity index (χ1n) is 5.17. The number of hydrogen-bond donors (Lipinski definition) is 0. The minimum atomic E-state index is -0.578. The predicted octanol–water partition coefficient (Wildman–Crippen LogP) is 1.95. The van der Waals surface area contributed by atoms with Gasteiger partial charge in [0.15, 0.2) is 5.69 Å². The second kappa shape index (κ2) is 5.06. The highest BCUT2D eigenvalue weighted by Crippen LogP contribution is 2.14. The highest BCUT2D eigenvalue weighted by Gasteiger charge is 2.14. The van der Waals surface area contributed by atoms with Gasteiger partial charge in [0.25, 0.3) is 0 Å². The first-order chi connectivity index (χ1) is 8.76. The minimum absolute atomic E-state index is 0.0997. The number of nitrogens with zero attached hydrogens (tertiary/aromatic N) is 3. The van der Waals surface area contributed by atoms with Crippen molar-refractivity contribution in [2.45, 2.75) is 0 Å². The third-order valence-corrected chi connectivity index (χ3v) is 2.29. The van der Waals surface area contributed by atoms with Gasteiger partial charge in [-0.1, -0.05) is 12.1 Å². The second-order valence-corrected chi connectivity index (χ2v) is 3.40. The highest BCUT2D eigenvalue weighted by atomic mass is 16.5. The summed E-state index contributed by atoms with van der Waals surface area (Å²) in [6.07, 6.45) is 2.68. The van der Waals surface area contributed by atoms with Gasteiger partial charge in [0.05, 0.1) is 29.9 Å². The van der Waals surface area contributed by atoms with Crippen LogP contribution in [0.5, 0.6) is 0 Å². The number of allylic oxidation sites excluding steroid dienone is 1. The molecule has 0 radical (unpaired) electrons. The fourth-order valence-electron chi connectivity index (χ4n) is 1.49. The average molecular weight is 239 g/mol. The molecule has 0 amide bonds. The molecule has 0 bridgehead atoms. The molecule has 5 heteroatoms. The normalized spacial score (nSPS) is 10.4. The number of carbonyl (C=O) groups excluding carboxylic acids is 1. The molecule has 0 aliphatic carbocycles. The van der Waals surface area contributed by atoms with E-state index in [-0.39, 0.29) is 5.69 Å². The maximum Gasteiger partial charge on any atom is 0.358 e. The number of rotatable bonds is 2. The van der Waals surface area contributed by atoms with E-state index in [2.05, 4.69) is 14.7 Å². The first-order valence-corrected chi connectivity index (χ1v) is 5.17. The van der Waals surface area contributed by atoms with Crippen molar-refractivity contribution < 1.29 is 9.53 Å². The summed E-state index contributed by atoms with van der Waals surface area (Å²) in [5, 5.41) is 8.53. The molecule has 2 aromatic rings. The number of fused-ring (bicyclic) bond motifs is 1. The van der Waals surface area contributed by atoms with E-state index >= 15 is 0 Å². The number of aromatic nitrogens is 2. The maximum atomic E-state index is 11.6. The van der Waals surface area contributed by atoms with Gasteiger partial charge in [-0.3, -0.25) is 0 Å². The van der Waals surface area contributed by atoms with Crippen LogP contribution < -0.4 is 0 Å². The summed E-state index contributed by atoms with van der Waals surface area (Å²) in [7, 11) is 1.27. The van der Waals surface area contributed by atoms with E-state index in [9.17, 15) is 4.79 Å². The summed E-state index contributed by atoms with van der Waals surface area (Å²) in [5.41, 5.74) is 1.68. The standard InChI is InChI=1S/C13H9N3O2/c1-18-13(17)12-11(7-4-8-14)15-9-5-2-3-6-10(9)16-12/h2-7H,1H3/b7-4+. The molecule has 5 nitrogen and oxygen atoms in total. The van der Waals surface area contributed by atoms with Crippen LogP contribution in [0.2, 0.25) is 0 Å². The van der Waals surface area contributed by atoms with Gasteiger partial charge in [0.2, 0.25) is 0 Å². The van der Waals surface area contributed by atoms with Crippen molar-refractivity contribution in [3.8, 4) is 6.07 Å². The maximum absolute atomic E-state index is 11.6. The van der Waals surface area contributed by atoms with Crippen molar-refractivity contribution in [1.29, 1.82) is 5.26 Å². The van der Waals surface area contributed by atoms with Crippen molar-refractivity contribution in [2.24, 2.45) is 0 Å². The Morgan fingerprint density at radius 2 is 2.00 bits per heavy atom. The van der Waals surface area contributed by atoms with Crippen LogP contribution in [-0.4, -0.2) is 23.0 Å². The number of esters is 1. The molecule has 2 rings (SSSR count). The number of methoxy groups -OCH3 is 1. The third-order valence-electron chi connectivity index (χ3n) is 2.29. The van der Waals surface area contributed by atoms with Gasteiger partial charge in [-0.05, 0) is 18.2 Å². The summed E-state index contributed by atoms with van der Waals surface area (Å²) >= 11 is 0. The van der Waals surface area contributed by atoms with Gasteiger partial charge < -0.3 is 4.74 Å². The fourth-order valence-corrected chi connectivity index (χ4v) is 1.49.